The van der Waals surface area contributed by atoms with Crippen LogP contribution in [-0.4, -0.2) is 37.3 Å². The average Bonchev–Trinajstić information content (AvgIpc) is 2.38. The third-order valence-electron chi connectivity index (χ3n) is 3.19. The van der Waals surface area contributed by atoms with Gasteiger partial charge in [0, 0.05) is 19.6 Å². The number of hydrogen-bond acceptors (Lipinski definition) is 4. The van der Waals surface area contributed by atoms with Gasteiger partial charge in [0.1, 0.15) is 0 Å². The zero-order chi connectivity index (χ0) is 16.0. The number of benzene rings is 1. The highest BCUT2D eigenvalue weighted by atomic mass is 16.5. The second-order valence-electron chi connectivity index (χ2n) is 6.33. The molecule has 1 aromatic rings. The van der Waals surface area contributed by atoms with Gasteiger partial charge < -0.3 is 14.6 Å². The minimum absolute atomic E-state index is 0.0584. The fraction of sp³-hybridized carbons (Fsp3) is 0.647. The molecule has 0 aliphatic heterocycles. The molecule has 4 heteroatoms. The van der Waals surface area contributed by atoms with Crippen LogP contribution in [0.1, 0.15) is 33.3 Å². The molecule has 4 nitrogen and oxygen atoms in total. The van der Waals surface area contributed by atoms with Gasteiger partial charge in [0.05, 0.1) is 14.2 Å². The van der Waals surface area contributed by atoms with Gasteiger partial charge in [0.25, 0.3) is 0 Å². The van der Waals surface area contributed by atoms with Gasteiger partial charge in [-0.3, -0.25) is 4.90 Å². The Balaban J connectivity index is 2.96. The molecule has 0 aliphatic carbocycles. The highest BCUT2D eigenvalue weighted by Crippen LogP contribution is 2.37. The molecule has 0 unspecified atom stereocenters. The fourth-order valence-electron chi connectivity index (χ4n) is 2.53. The van der Waals surface area contributed by atoms with E-state index in [1.54, 1.807) is 14.2 Å². The predicted molar refractivity (Wildman–Crippen MR) is 86.2 cm³/mol. The predicted octanol–water partition coefficient (Wildman–Crippen LogP) is 3.52. The Morgan fingerprint density at radius 3 is 1.71 bits per heavy atom. The summed E-state index contributed by atoms with van der Waals surface area (Å²) in [6.07, 6.45) is 0. The Morgan fingerprint density at radius 2 is 1.38 bits per heavy atom. The van der Waals surface area contributed by atoms with E-state index in [-0.39, 0.29) is 5.75 Å². The lowest BCUT2D eigenvalue weighted by Gasteiger charge is -2.26. The smallest absolute Gasteiger partial charge is 0.200 e. The van der Waals surface area contributed by atoms with Gasteiger partial charge in [-0.1, -0.05) is 27.7 Å². The third-order valence-corrected chi connectivity index (χ3v) is 3.19. The number of nitrogens with zero attached hydrogens (tertiary/aromatic N) is 1. The average molecular weight is 295 g/mol. The fourth-order valence-corrected chi connectivity index (χ4v) is 2.53. The lowest BCUT2D eigenvalue weighted by molar-refractivity contribution is 0.211. The van der Waals surface area contributed by atoms with Gasteiger partial charge in [-0.25, -0.2) is 0 Å². The zero-order valence-electron chi connectivity index (χ0n) is 14.1. The standard InChI is InChI=1S/C17H29NO3/c1-12(2)9-18(10-13(3)4)11-14-7-15(20-5)17(19)16(8-14)21-6/h7-8,12-13,19H,9-11H2,1-6H3. The van der Waals surface area contributed by atoms with Crippen molar-refractivity contribution in [1.29, 1.82) is 0 Å². The van der Waals surface area contributed by atoms with Gasteiger partial charge >= 0.3 is 0 Å². The van der Waals surface area contributed by atoms with Crippen molar-refractivity contribution in [3.05, 3.63) is 17.7 Å². The van der Waals surface area contributed by atoms with Crippen LogP contribution in [0.5, 0.6) is 17.2 Å². The second-order valence-corrected chi connectivity index (χ2v) is 6.33. The molecule has 0 aromatic heterocycles. The Kier molecular flexibility index (Phi) is 6.82. The molecule has 0 bridgehead atoms. The topological polar surface area (TPSA) is 41.9 Å². The first-order valence-corrected chi connectivity index (χ1v) is 7.53. The molecule has 0 aliphatic rings. The molecule has 21 heavy (non-hydrogen) atoms. The highest BCUT2D eigenvalue weighted by Gasteiger charge is 2.15. The Hall–Kier alpha value is -1.42. The van der Waals surface area contributed by atoms with E-state index in [2.05, 4.69) is 32.6 Å². The first kappa shape index (κ1) is 17.6. The maximum absolute atomic E-state index is 9.97. The Morgan fingerprint density at radius 1 is 0.952 bits per heavy atom. The van der Waals surface area contributed by atoms with Crippen LogP contribution in [0.25, 0.3) is 0 Å². The van der Waals surface area contributed by atoms with Gasteiger partial charge in [-0.15, -0.1) is 0 Å². The maximum Gasteiger partial charge on any atom is 0.200 e. The molecular formula is C17H29NO3. The van der Waals surface area contributed by atoms with Crippen molar-refractivity contribution in [2.45, 2.75) is 34.2 Å². The van der Waals surface area contributed by atoms with E-state index in [9.17, 15) is 5.11 Å². The first-order chi connectivity index (χ1) is 9.87. The molecule has 1 aromatic carbocycles. The van der Waals surface area contributed by atoms with Crippen LogP contribution in [0, 0.1) is 11.8 Å². The molecule has 1 rings (SSSR count). The zero-order valence-corrected chi connectivity index (χ0v) is 14.1. The van der Waals surface area contributed by atoms with E-state index in [0.29, 0.717) is 23.3 Å². The number of hydrogen-bond donors (Lipinski definition) is 1. The number of methoxy groups -OCH3 is 2. The molecule has 120 valence electrons. The number of rotatable bonds is 8. The van der Waals surface area contributed by atoms with Crippen LogP contribution in [0.4, 0.5) is 0 Å². The van der Waals surface area contributed by atoms with E-state index in [0.717, 1.165) is 25.2 Å². The summed E-state index contributed by atoms with van der Waals surface area (Å²) in [6.45, 7) is 11.8. The molecule has 0 heterocycles. The molecule has 0 saturated carbocycles. The largest absolute Gasteiger partial charge is 0.502 e. The minimum atomic E-state index is 0.0584. The lowest BCUT2D eigenvalue weighted by atomic mass is 10.1. The summed E-state index contributed by atoms with van der Waals surface area (Å²) in [5.41, 5.74) is 1.09. The van der Waals surface area contributed by atoms with Crippen molar-refractivity contribution in [1.82, 2.24) is 4.90 Å². The Bertz CT molecular complexity index is 409. The number of phenolic OH excluding ortho intramolecular Hbond substituents is 1. The normalized spacial score (nSPS) is 11.5. The Labute approximate surface area is 128 Å². The summed E-state index contributed by atoms with van der Waals surface area (Å²) in [5.74, 6) is 2.20. The molecule has 0 saturated heterocycles. The second kappa shape index (κ2) is 8.13. The van der Waals surface area contributed by atoms with Crippen molar-refractivity contribution >= 4 is 0 Å². The molecule has 1 N–H and O–H groups in total. The molecule has 0 amide bonds. The van der Waals surface area contributed by atoms with Gasteiger partial charge in [0.15, 0.2) is 11.5 Å². The van der Waals surface area contributed by atoms with Crippen molar-refractivity contribution in [2.75, 3.05) is 27.3 Å². The van der Waals surface area contributed by atoms with Crippen LogP contribution >= 0.6 is 0 Å². The summed E-state index contributed by atoms with van der Waals surface area (Å²) >= 11 is 0. The van der Waals surface area contributed by atoms with Crippen LogP contribution in [0.3, 0.4) is 0 Å². The van der Waals surface area contributed by atoms with Crippen molar-refractivity contribution in [3.63, 3.8) is 0 Å². The summed E-state index contributed by atoms with van der Waals surface area (Å²) in [6, 6.07) is 3.76. The molecule has 0 spiro atoms. The van der Waals surface area contributed by atoms with E-state index in [1.807, 2.05) is 12.1 Å². The van der Waals surface area contributed by atoms with Crippen LogP contribution in [0.15, 0.2) is 12.1 Å². The number of aromatic hydroxyl groups is 1. The van der Waals surface area contributed by atoms with E-state index >= 15 is 0 Å². The quantitative estimate of drug-likeness (QED) is 0.796. The first-order valence-electron chi connectivity index (χ1n) is 7.53. The van der Waals surface area contributed by atoms with E-state index < -0.39 is 0 Å². The molecule has 0 fully saturated rings. The number of phenols is 1. The van der Waals surface area contributed by atoms with Gasteiger partial charge in [0.2, 0.25) is 5.75 Å². The van der Waals surface area contributed by atoms with Crippen LogP contribution in [-0.2, 0) is 6.54 Å². The third kappa shape index (κ3) is 5.46. The van der Waals surface area contributed by atoms with Crippen LogP contribution in [0.2, 0.25) is 0 Å². The SMILES string of the molecule is COc1cc(CN(CC(C)C)CC(C)C)cc(OC)c1O. The minimum Gasteiger partial charge on any atom is -0.502 e. The summed E-state index contributed by atoms with van der Waals surface area (Å²) < 4.78 is 10.4. The summed E-state index contributed by atoms with van der Waals surface area (Å²) in [7, 11) is 3.11. The monoisotopic (exact) mass is 295 g/mol. The summed E-state index contributed by atoms with van der Waals surface area (Å²) in [5, 5.41) is 9.97. The molecule has 0 atom stereocenters. The molecule has 0 radical (unpaired) electrons. The van der Waals surface area contributed by atoms with Gasteiger partial charge in [-0.2, -0.15) is 0 Å². The molecular weight excluding hydrogens is 266 g/mol. The lowest BCUT2D eigenvalue weighted by Crippen LogP contribution is -2.30. The highest BCUT2D eigenvalue weighted by molar-refractivity contribution is 5.52. The maximum atomic E-state index is 9.97. The van der Waals surface area contributed by atoms with Crippen LogP contribution < -0.4 is 9.47 Å². The van der Waals surface area contributed by atoms with Crippen molar-refractivity contribution in [3.8, 4) is 17.2 Å². The van der Waals surface area contributed by atoms with Crippen molar-refractivity contribution in [2.24, 2.45) is 11.8 Å². The van der Waals surface area contributed by atoms with E-state index in [1.165, 1.54) is 0 Å². The van der Waals surface area contributed by atoms with E-state index in [4.69, 9.17) is 9.47 Å². The van der Waals surface area contributed by atoms with Crippen molar-refractivity contribution < 1.29 is 14.6 Å². The van der Waals surface area contributed by atoms with Gasteiger partial charge in [-0.05, 0) is 29.5 Å². The number of ether oxygens (including phenoxy) is 2. The summed E-state index contributed by atoms with van der Waals surface area (Å²) in [4.78, 5) is 2.43.